The maximum Gasteiger partial charge on any atom is 0.257 e. The molecule has 0 saturated carbocycles. The summed E-state index contributed by atoms with van der Waals surface area (Å²) < 4.78 is 5.43. The summed E-state index contributed by atoms with van der Waals surface area (Å²) in [6, 6.07) is 7.46. The molecule has 1 aliphatic heterocycles. The number of nitrogens with zero attached hydrogens (tertiary/aromatic N) is 4. The third-order valence-corrected chi connectivity index (χ3v) is 4.68. The average molecular weight is 380 g/mol. The summed E-state index contributed by atoms with van der Waals surface area (Å²) in [5, 5.41) is 7.48. The molecule has 2 heterocycles. The van der Waals surface area contributed by atoms with Gasteiger partial charge in [0.15, 0.2) is 5.82 Å². The van der Waals surface area contributed by atoms with Crippen LogP contribution in [0.25, 0.3) is 11.5 Å². The first-order valence-corrected chi connectivity index (χ1v) is 8.78. The van der Waals surface area contributed by atoms with Crippen molar-refractivity contribution in [2.45, 2.75) is 19.9 Å². The lowest BCUT2D eigenvalue weighted by Crippen LogP contribution is -2.44. The summed E-state index contributed by atoms with van der Waals surface area (Å²) in [4.78, 5) is 20.9. The fourth-order valence-electron chi connectivity index (χ4n) is 3.03. The van der Waals surface area contributed by atoms with Gasteiger partial charge in [0.25, 0.3) is 11.8 Å². The van der Waals surface area contributed by atoms with Crippen LogP contribution in [0, 0.1) is 0 Å². The number of rotatable bonds is 5. The monoisotopic (exact) mass is 379 g/mol. The molecule has 1 aromatic carbocycles. The molecule has 0 aliphatic carbocycles. The lowest BCUT2D eigenvalue weighted by molar-refractivity contribution is 0.0773. The molecular formula is C18H26ClN5O2. The number of piperazine rings is 1. The van der Waals surface area contributed by atoms with E-state index >= 15 is 0 Å². The summed E-state index contributed by atoms with van der Waals surface area (Å²) in [6.07, 6.45) is 0. The quantitative estimate of drug-likeness (QED) is 0.858. The van der Waals surface area contributed by atoms with Crippen molar-refractivity contribution in [2.75, 3.05) is 39.8 Å². The highest BCUT2D eigenvalue weighted by Crippen LogP contribution is 2.23. The zero-order valence-corrected chi connectivity index (χ0v) is 16.3. The molecule has 8 heteroatoms. The van der Waals surface area contributed by atoms with Gasteiger partial charge >= 0.3 is 0 Å². The van der Waals surface area contributed by atoms with Crippen molar-refractivity contribution in [3.05, 3.63) is 35.7 Å². The van der Waals surface area contributed by atoms with Crippen LogP contribution in [0.4, 0.5) is 0 Å². The highest BCUT2D eigenvalue weighted by atomic mass is 35.5. The molecule has 1 saturated heterocycles. The van der Waals surface area contributed by atoms with Gasteiger partial charge in [-0.1, -0.05) is 5.16 Å². The van der Waals surface area contributed by atoms with Gasteiger partial charge in [0.05, 0.1) is 6.04 Å². The highest BCUT2D eigenvalue weighted by Gasteiger charge is 2.25. The van der Waals surface area contributed by atoms with Gasteiger partial charge in [-0.2, -0.15) is 4.98 Å². The van der Waals surface area contributed by atoms with E-state index in [0.717, 1.165) is 25.2 Å². The number of benzene rings is 1. The lowest BCUT2D eigenvalue weighted by atomic mass is 10.1. The Morgan fingerprint density at radius 3 is 2.62 bits per heavy atom. The minimum Gasteiger partial charge on any atom is -0.339 e. The van der Waals surface area contributed by atoms with Crippen molar-refractivity contribution in [1.82, 2.24) is 25.3 Å². The second-order valence-electron chi connectivity index (χ2n) is 6.21. The minimum absolute atomic E-state index is 0. The number of carbonyl (C=O) groups is 1. The van der Waals surface area contributed by atoms with Gasteiger partial charge in [0.2, 0.25) is 0 Å². The SMILES string of the molecule is CCN(CC)C(=O)c1ccc(-c2nc(C3CNCCN3C)no2)cc1.Cl. The molecule has 0 spiro atoms. The van der Waals surface area contributed by atoms with E-state index in [1.165, 1.54) is 0 Å². The second kappa shape index (κ2) is 9.12. The number of halogens is 1. The van der Waals surface area contributed by atoms with Crippen molar-refractivity contribution < 1.29 is 9.32 Å². The van der Waals surface area contributed by atoms with Crippen LogP contribution in [0.3, 0.4) is 0 Å². The van der Waals surface area contributed by atoms with Crippen molar-refractivity contribution in [1.29, 1.82) is 0 Å². The maximum atomic E-state index is 12.4. The molecule has 1 amide bonds. The minimum atomic E-state index is 0. The third-order valence-electron chi connectivity index (χ3n) is 4.68. The van der Waals surface area contributed by atoms with Gasteiger partial charge in [-0.15, -0.1) is 12.4 Å². The van der Waals surface area contributed by atoms with Crippen LogP contribution in [0.1, 0.15) is 36.1 Å². The fourth-order valence-corrected chi connectivity index (χ4v) is 3.03. The third kappa shape index (κ3) is 4.23. The Hall–Kier alpha value is -1.96. The predicted molar refractivity (Wildman–Crippen MR) is 102 cm³/mol. The summed E-state index contributed by atoms with van der Waals surface area (Å²) in [5.41, 5.74) is 1.49. The number of amides is 1. The van der Waals surface area contributed by atoms with E-state index in [2.05, 4.69) is 27.4 Å². The Bertz CT molecular complexity index is 715. The molecular weight excluding hydrogens is 354 g/mol. The highest BCUT2D eigenvalue weighted by molar-refractivity contribution is 5.94. The first-order chi connectivity index (χ1) is 12.1. The Morgan fingerprint density at radius 2 is 2.00 bits per heavy atom. The molecule has 142 valence electrons. The van der Waals surface area contributed by atoms with Crippen molar-refractivity contribution in [2.24, 2.45) is 0 Å². The van der Waals surface area contributed by atoms with Crippen LogP contribution in [0.5, 0.6) is 0 Å². The zero-order chi connectivity index (χ0) is 17.8. The van der Waals surface area contributed by atoms with E-state index < -0.39 is 0 Å². The molecule has 1 atom stereocenters. The van der Waals surface area contributed by atoms with Crippen LogP contribution in [0.15, 0.2) is 28.8 Å². The fraction of sp³-hybridized carbons (Fsp3) is 0.500. The van der Waals surface area contributed by atoms with E-state index in [-0.39, 0.29) is 24.4 Å². The van der Waals surface area contributed by atoms with Crippen LogP contribution >= 0.6 is 12.4 Å². The van der Waals surface area contributed by atoms with E-state index in [9.17, 15) is 4.79 Å². The number of carbonyl (C=O) groups excluding carboxylic acids is 1. The molecule has 1 aromatic heterocycles. The van der Waals surface area contributed by atoms with Crippen LogP contribution in [0.2, 0.25) is 0 Å². The molecule has 2 aromatic rings. The van der Waals surface area contributed by atoms with Crippen molar-refractivity contribution in [3.8, 4) is 11.5 Å². The Labute approximate surface area is 160 Å². The van der Waals surface area contributed by atoms with Gasteiger partial charge in [-0.3, -0.25) is 9.69 Å². The Kier molecular flexibility index (Phi) is 7.14. The first kappa shape index (κ1) is 20.4. The largest absolute Gasteiger partial charge is 0.339 e. The van der Waals surface area contributed by atoms with Crippen LogP contribution in [-0.4, -0.2) is 65.6 Å². The van der Waals surface area contributed by atoms with E-state index in [1.807, 2.05) is 38.1 Å². The summed E-state index contributed by atoms with van der Waals surface area (Å²) in [5.74, 6) is 1.21. The molecule has 1 unspecified atom stereocenters. The standard InChI is InChI=1S/C18H25N5O2.ClH/c1-4-23(5-2)18(24)14-8-6-13(7-9-14)17-20-16(21-25-17)15-12-19-10-11-22(15)3;/h6-9,15,19H,4-5,10-12H2,1-3H3;1H. The molecule has 1 fully saturated rings. The van der Waals surface area contributed by atoms with Gasteiger partial charge < -0.3 is 14.7 Å². The number of hydrogen-bond donors (Lipinski definition) is 1. The van der Waals surface area contributed by atoms with Crippen molar-refractivity contribution >= 4 is 18.3 Å². The predicted octanol–water partition coefficient (Wildman–Crippen LogP) is 2.22. The zero-order valence-electron chi connectivity index (χ0n) is 15.4. The Balaban J connectivity index is 0.00000243. The van der Waals surface area contributed by atoms with Gasteiger partial charge in [-0.25, -0.2) is 0 Å². The van der Waals surface area contributed by atoms with Gasteiger partial charge in [-0.05, 0) is 45.2 Å². The summed E-state index contributed by atoms with van der Waals surface area (Å²) >= 11 is 0. The summed E-state index contributed by atoms with van der Waals surface area (Å²) in [7, 11) is 2.06. The smallest absolute Gasteiger partial charge is 0.257 e. The maximum absolute atomic E-state index is 12.4. The first-order valence-electron chi connectivity index (χ1n) is 8.78. The van der Waals surface area contributed by atoms with Gasteiger partial charge in [0.1, 0.15) is 0 Å². The van der Waals surface area contributed by atoms with Crippen LogP contribution in [-0.2, 0) is 0 Å². The molecule has 3 rings (SSSR count). The Morgan fingerprint density at radius 1 is 1.31 bits per heavy atom. The van der Waals surface area contributed by atoms with Crippen LogP contribution < -0.4 is 5.32 Å². The van der Waals surface area contributed by atoms with E-state index in [1.54, 1.807) is 4.90 Å². The van der Waals surface area contributed by atoms with Gasteiger partial charge in [0, 0.05) is 43.9 Å². The molecule has 7 nitrogen and oxygen atoms in total. The molecule has 1 N–H and O–H groups in total. The molecule has 1 aliphatic rings. The topological polar surface area (TPSA) is 74.5 Å². The second-order valence-corrected chi connectivity index (χ2v) is 6.21. The number of aromatic nitrogens is 2. The normalized spacial score (nSPS) is 17.6. The number of likely N-dealkylation sites (N-methyl/N-ethyl adjacent to an activating group) is 1. The molecule has 0 radical (unpaired) electrons. The van der Waals surface area contributed by atoms with Crippen molar-refractivity contribution in [3.63, 3.8) is 0 Å². The molecule has 26 heavy (non-hydrogen) atoms. The van der Waals surface area contributed by atoms with E-state index in [0.29, 0.717) is 30.4 Å². The van der Waals surface area contributed by atoms with E-state index in [4.69, 9.17) is 4.52 Å². The lowest BCUT2D eigenvalue weighted by Gasteiger charge is -2.30. The summed E-state index contributed by atoms with van der Waals surface area (Å²) in [6.45, 7) is 8.10. The molecule has 0 bridgehead atoms. The number of nitrogens with one attached hydrogen (secondary N) is 1. The number of hydrogen-bond acceptors (Lipinski definition) is 6. The average Bonchev–Trinajstić information content (AvgIpc) is 3.13.